The normalized spacial score (nSPS) is 17.0. The van der Waals surface area contributed by atoms with E-state index < -0.39 is 27.9 Å². The Morgan fingerprint density at radius 3 is 2.50 bits per heavy atom. The summed E-state index contributed by atoms with van der Waals surface area (Å²) in [6.45, 7) is 4.08. The van der Waals surface area contributed by atoms with Crippen LogP contribution in [0.1, 0.15) is 29.5 Å². The lowest BCUT2D eigenvalue weighted by Crippen LogP contribution is -2.47. The van der Waals surface area contributed by atoms with Crippen LogP contribution in [0.3, 0.4) is 0 Å². The Hall–Kier alpha value is -2.67. The van der Waals surface area contributed by atoms with Crippen molar-refractivity contribution in [2.75, 3.05) is 6.54 Å². The molecule has 148 valence electrons. The first kappa shape index (κ1) is 20.1. The molecule has 1 N–H and O–H groups in total. The number of carbonyl (C=O) groups is 2. The zero-order valence-corrected chi connectivity index (χ0v) is 16.8. The Morgan fingerprint density at radius 1 is 1.11 bits per heavy atom. The van der Waals surface area contributed by atoms with Crippen molar-refractivity contribution in [2.45, 2.75) is 44.0 Å². The van der Waals surface area contributed by atoms with E-state index in [9.17, 15) is 18.0 Å². The summed E-state index contributed by atoms with van der Waals surface area (Å²) in [5, 5.41) is 2.77. The van der Waals surface area contributed by atoms with Crippen molar-refractivity contribution in [1.29, 1.82) is 0 Å². The molecule has 2 aromatic rings. The highest BCUT2D eigenvalue weighted by atomic mass is 32.2. The Balaban J connectivity index is 1.74. The van der Waals surface area contributed by atoms with Crippen LogP contribution in [0, 0.1) is 13.8 Å². The van der Waals surface area contributed by atoms with Crippen LogP contribution in [0.25, 0.3) is 0 Å². The van der Waals surface area contributed by atoms with Gasteiger partial charge in [0, 0.05) is 13.0 Å². The Kier molecular flexibility index (Phi) is 5.84. The zero-order valence-electron chi connectivity index (χ0n) is 16.0. The standard InChI is InChI=1S/C21H24N2O4S/c1-15-8-9-18(14-16(15)2)28(26,27)23-19(10-11-20(23)24)21(25)22-13-12-17-6-4-3-5-7-17/h3-9,14,19H,10-13H2,1-2H3,(H,22,25)/t19-/m0/s1. The molecule has 1 aliphatic rings. The fourth-order valence-corrected chi connectivity index (χ4v) is 4.97. The number of carbonyl (C=O) groups excluding carboxylic acids is 2. The molecular formula is C21H24N2O4S. The third-order valence-corrected chi connectivity index (χ3v) is 6.88. The number of benzene rings is 2. The number of rotatable bonds is 6. The van der Waals surface area contributed by atoms with E-state index in [0.717, 1.165) is 21.0 Å². The van der Waals surface area contributed by atoms with Crippen LogP contribution in [-0.4, -0.2) is 37.1 Å². The third-order valence-electron chi connectivity index (χ3n) is 5.05. The predicted octanol–water partition coefficient (Wildman–Crippen LogP) is 2.34. The van der Waals surface area contributed by atoms with Gasteiger partial charge in [-0.1, -0.05) is 36.4 Å². The maximum absolute atomic E-state index is 13.0. The maximum atomic E-state index is 13.0. The van der Waals surface area contributed by atoms with Crippen LogP contribution in [0.15, 0.2) is 53.4 Å². The molecule has 0 aromatic heterocycles. The van der Waals surface area contributed by atoms with Gasteiger partial charge in [-0.3, -0.25) is 9.59 Å². The minimum absolute atomic E-state index is 0.0351. The van der Waals surface area contributed by atoms with Gasteiger partial charge in [0.15, 0.2) is 0 Å². The second-order valence-corrected chi connectivity index (χ2v) is 8.84. The lowest BCUT2D eigenvalue weighted by Gasteiger charge is -2.24. The third kappa shape index (κ3) is 4.09. The van der Waals surface area contributed by atoms with Gasteiger partial charge in [0.2, 0.25) is 11.8 Å². The van der Waals surface area contributed by atoms with E-state index in [1.807, 2.05) is 44.2 Å². The van der Waals surface area contributed by atoms with Gasteiger partial charge in [-0.15, -0.1) is 0 Å². The van der Waals surface area contributed by atoms with Crippen molar-refractivity contribution in [3.63, 3.8) is 0 Å². The molecule has 2 aromatic carbocycles. The molecule has 2 amide bonds. The molecule has 3 rings (SSSR count). The molecule has 1 fully saturated rings. The van der Waals surface area contributed by atoms with Crippen molar-refractivity contribution < 1.29 is 18.0 Å². The SMILES string of the molecule is Cc1ccc(S(=O)(=O)N2C(=O)CC[C@H]2C(=O)NCCc2ccccc2)cc1C. The summed E-state index contributed by atoms with van der Waals surface area (Å²) in [4.78, 5) is 25.0. The van der Waals surface area contributed by atoms with Gasteiger partial charge in [-0.25, -0.2) is 12.7 Å². The predicted molar refractivity (Wildman–Crippen MR) is 106 cm³/mol. The van der Waals surface area contributed by atoms with Gasteiger partial charge in [0.25, 0.3) is 10.0 Å². The van der Waals surface area contributed by atoms with Crippen LogP contribution < -0.4 is 5.32 Å². The first-order valence-corrected chi connectivity index (χ1v) is 10.7. The van der Waals surface area contributed by atoms with Gasteiger partial charge in [-0.05, 0) is 55.5 Å². The minimum Gasteiger partial charge on any atom is -0.354 e. The van der Waals surface area contributed by atoms with Crippen LogP contribution in [-0.2, 0) is 26.0 Å². The Labute approximate surface area is 165 Å². The summed E-state index contributed by atoms with van der Waals surface area (Å²) in [7, 11) is -4.08. The van der Waals surface area contributed by atoms with E-state index >= 15 is 0 Å². The molecule has 28 heavy (non-hydrogen) atoms. The van der Waals surface area contributed by atoms with Crippen LogP contribution in [0.4, 0.5) is 0 Å². The van der Waals surface area contributed by atoms with Crippen molar-refractivity contribution in [3.8, 4) is 0 Å². The first-order chi connectivity index (χ1) is 13.3. The van der Waals surface area contributed by atoms with Gasteiger partial charge in [-0.2, -0.15) is 0 Å². The molecule has 1 heterocycles. The van der Waals surface area contributed by atoms with E-state index in [1.54, 1.807) is 12.1 Å². The Morgan fingerprint density at radius 2 is 1.82 bits per heavy atom. The summed E-state index contributed by atoms with van der Waals surface area (Å²) in [5.41, 5.74) is 2.85. The van der Waals surface area contributed by atoms with Crippen molar-refractivity contribution in [2.24, 2.45) is 0 Å². The quantitative estimate of drug-likeness (QED) is 0.807. The average molecular weight is 401 g/mol. The molecule has 6 nitrogen and oxygen atoms in total. The summed E-state index contributed by atoms with van der Waals surface area (Å²) < 4.78 is 26.8. The van der Waals surface area contributed by atoms with Crippen molar-refractivity contribution in [1.82, 2.24) is 9.62 Å². The molecule has 7 heteroatoms. The maximum Gasteiger partial charge on any atom is 0.267 e. The molecular weight excluding hydrogens is 376 g/mol. The summed E-state index contributed by atoms with van der Waals surface area (Å²) in [6, 6.07) is 13.4. The highest BCUT2D eigenvalue weighted by Gasteiger charge is 2.44. The van der Waals surface area contributed by atoms with E-state index in [1.165, 1.54) is 6.07 Å². The van der Waals surface area contributed by atoms with E-state index in [2.05, 4.69) is 5.32 Å². The minimum atomic E-state index is -4.08. The topological polar surface area (TPSA) is 83.6 Å². The van der Waals surface area contributed by atoms with E-state index in [-0.39, 0.29) is 17.7 Å². The van der Waals surface area contributed by atoms with Gasteiger partial charge in [0.05, 0.1) is 4.90 Å². The molecule has 1 atom stereocenters. The number of amides is 2. The molecule has 0 radical (unpaired) electrons. The fraction of sp³-hybridized carbons (Fsp3) is 0.333. The summed E-state index contributed by atoms with van der Waals surface area (Å²) >= 11 is 0. The molecule has 0 bridgehead atoms. The van der Waals surface area contributed by atoms with Crippen molar-refractivity contribution in [3.05, 3.63) is 65.2 Å². The number of nitrogens with one attached hydrogen (secondary N) is 1. The molecule has 0 spiro atoms. The number of hydrogen-bond donors (Lipinski definition) is 1. The highest BCUT2D eigenvalue weighted by molar-refractivity contribution is 7.89. The van der Waals surface area contributed by atoms with E-state index in [4.69, 9.17) is 0 Å². The van der Waals surface area contributed by atoms with E-state index in [0.29, 0.717) is 13.0 Å². The monoisotopic (exact) mass is 400 g/mol. The number of sulfonamides is 1. The largest absolute Gasteiger partial charge is 0.354 e. The second kappa shape index (κ2) is 8.14. The first-order valence-electron chi connectivity index (χ1n) is 9.27. The number of hydrogen-bond acceptors (Lipinski definition) is 4. The van der Waals surface area contributed by atoms with Crippen molar-refractivity contribution >= 4 is 21.8 Å². The molecule has 1 saturated heterocycles. The summed E-state index contributed by atoms with van der Waals surface area (Å²) in [6.07, 6.45) is 0.873. The molecule has 0 aliphatic carbocycles. The highest BCUT2D eigenvalue weighted by Crippen LogP contribution is 2.28. The fourth-order valence-electron chi connectivity index (χ4n) is 3.28. The molecule has 1 aliphatic heterocycles. The Bertz CT molecular complexity index is 987. The summed E-state index contributed by atoms with van der Waals surface area (Å²) in [5.74, 6) is -0.976. The van der Waals surface area contributed by atoms with Gasteiger partial charge >= 0.3 is 0 Å². The smallest absolute Gasteiger partial charge is 0.267 e. The second-order valence-electron chi connectivity index (χ2n) is 7.02. The lowest BCUT2D eigenvalue weighted by molar-refractivity contribution is -0.130. The lowest BCUT2D eigenvalue weighted by atomic mass is 10.1. The van der Waals surface area contributed by atoms with Crippen LogP contribution in [0.5, 0.6) is 0 Å². The van der Waals surface area contributed by atoms with Gasteiger partial charge < -0.3 is 5.32 Å². The van der Waals surface area contributed by atoms with Gasteiger partial charge in [0.1, 0.15) is 6.04 Å². The molecule has 0 saturated carbocycles. The average Bonchev–Trinajstić information content (AvgIpc) is 3.07. The molecule has 0 unspecified atom stereocenters. The number of aryl methyl sites for hydroxylation is 2. The number of nitrogens with zero attached hydrogens (tertiary/aromatic N) is 1. The zero-order chi connectivity index (χ0) is 20.3. The van der Waals surface area contributed by atoms with Crippen LogP contribution in [0.2, 0.25) is 0 Å². The van der Waals surface area contributed by atoms with Crippen LogP contribution >= 0.6 is 0 Å².